The van der Waals surface area contributed by atoms with Gasteiger partial charge in [-0.2, -0.15) is 0 Å². The van der Waals surface area contributed by atoms with Gasteiger partial charge in [-0.25, -0.2) is 0 Å². The minimum atomic E-state index is -0.566. The Labute approximate surface area is 128 Å². The zero-order chi connectivity index (χ0) is 15.6. The molecule has 1 aliphatic rings. The zero-order valence-corrected chi connectivity index (χ0v) is 12.8. The molecule has 1 saturated heterocycles. The summed E-state index contributed by atoms with van der Waals surface area (Å²) in [6.45, 7) is 3.85. The van der Waals surface area contributed by atoms with E-state index in [-0.39, 0.29) is 17.3 Å². The lowest BCUT2D eigenvalue weighted by atomic mass is 9.94. The summed E-state index contributed by atoms with van der Waals surface area (Å²) in [5, 5.41) is 14.2. The number of hydrogen-bond acceptors (Lipinski definition) is 4. The van der Waals surface area contributed by atoms with Gasteiger partial charge in [-0.05, 0) is 38.1 Å². The van der Waals surface area contributed by atoms with Crippen molar-refractivity contribution in [3.05, 3.63) is 38.9 Å². The Bertz CT molecular complexity index is 564. The van der Waals surface area contributed by atoms with Crippen molar-refractivity contribution in [2.45, 2.75) is 19.4 Å². The molecule has 6 nitrogen and oxygen atoms in total. The van der Waals surface area contributed by atoms with Gasteiger partial charge in [0.05, 0.1) is 4.92 Å². The molecule has 0 spiro atoms. The van der Waals surface area contributed by atoms with E-state index in [0.717, 1.165) is 19.5 Å². The van der Waals surface area contributed by atoms with Gasteiger partial charge in [0.1, 0.15) is 5.56 Å². The first-order chi connectivity index (χ1) is 9.88. The van der Waals surface area contributed by atoms with E-state index >= 15 is 0 Å². The first kappa shape index (κ1) is 15.7. The fourth-order valence-electron chi connectivity index (χ4n) is 2.66. The van der Waals surface area contributed by atoms with Gasteiger partial charge in [0.15, 0.2) is 0 Å². The van der Waals surface area contributed by atoms with Crippen molar-refractivity contribution in [2.75, 3.05) is 20.1 Å². The van der Waals surface area contributed by atoms with Crippen LogP contribution in [0.25, 0.3) is 0 Å². The number of carbonyl (C=O) groups excluding carboxylic acids is 1. The Morgan fingerprint density at radius 3 is 2.86 bits per heavy atom. The summed E-state index contributed by atoms with van der Waals surface area (Å²) in [5.41, 5.74) is -0.212. The zero-order valence-electron chi connectivity index (χ0n) is 12.0. The molecule has 1 heterocycles. The third-order valence-corrected chi connectivity index (χ3v) is 4.06. The minimum absolute atomic E-state index is 0.0126. The molecule has 2 rings (SSSR count). The molecule has 2 unspecified atom stereocenters. The first-order valence-corrected chi connectivity index (χ1v) is 7.19. The molecule has 21 heavy (non-hydrogen) atoms. The maximum absolute atomic E-state index is 12.3. The average Bonchev–Trinajstić information content (AvgIpc) is 2.41. The lowest BCUT2D eigenvalue weighted by Gasteiger charge is -2.35. The smallest absolute Gasteiger partial charge is 0.282 e. The number of nitro benzene ring substituents is 1. The number of likely N-dealkylation sites (tertiary alicyclic amines) is 1. The summed E-state index contributed by atoms with van der Waals surface area (Å²) in [4.78, 5) is 25.0. The standard InChI is InChI=1S/C14H18ClN3O3/c1-9-8-17(2)6-5-12(9)16-14(19)11-7-10(15)3-4-13(11)18(20)21/h3-4,7,9,12H,5-6,8H2,1-2H3,(H,16,19). The number of hydrogen-bond donors (Lipinski definition) is 1. The SMILES string of the molecule is CC1CN(C)CCC1NC(=O)c1cc(Cl)ccc1[N+](=O)[O-]. The summed E-state index contributed by atoms with van der Waals surface area (Å²) in [7, 11) is 2.04. The number of piperidine rings is 1. The monoisotopic (exact) mass is 311 g/mol. The van der Waals surface area contributed by atoms with Gasteiger partial charge in [0.25, 0.3) is 11.6 Å². The molecule has 114 valence electrons. The van der Waals surface area contributed by atoms with Crippen LogP contribution in [0.4, 0.5) is 5.69 Å². The predicted octanol–water partition coefficient (Wildman–Crippen LogP) is 2.32. The van der Waals surface area contributed by atoms with Gasteiger partial charge >= 0.3 is 0 Å². The summed E-state index contributed by atoms with van der Waals surface area (Å²) in [5.74, 6) is -0.142. The average molecular weight is 312 g/mol. The molecule has 0 aliphatic carbocycles. The number of rotatable bonds is 3. The molecule has 2 atom stereocenters. The Hall–Kier alpha value is -1.66. The Morgan fingerprint density at radius 2 is 2.24 bits per heavy atom. The molecule has 1 aliphatic heterocycles. The van der Waals surface area contributed by atoms with Gasteiger partial charge in [0, 0.05) is 23.7 Å². The van der Waals surface area contributed by atoms with Crippen LogP contribution in [-0.2, 0) is 0 Å². The lowest BCUT2D eigenvalue weighted by molar-refractivity contribution is -0.385. The second-order valence-corrected chi connectivity index (χ2v) is 5.96. The van der Waals surface area contributed by atoms with Crippen LogP contribution in [0.3, 0.4) is 0 Å². The van der Waals surface area contributed by atoms with Crippen LogP contribution in [0.2, 0.25) is 5.02 Å². The number of halogens is 1. The van der Waals surface area contributed by atoms with E-state index in [1.165, 1.54) is 18.2 Å². The van der Waals surface area contributed by atoms with Crippen LogP contribution in [0.5, 0.6) is 0 Å². The number of nitrogens with zero attached hydrogens (tertiary/aromatic N) is 2. The molecule has 1 fully saturated rings. The van der Waals surface area contributed by atoms with Crippen molar-refractivity contribution in [2.24, 2.45) is 5.92 Å². The van der Waals surface area contributed by atoms with Crippen LogP contribution in [0.1, 0.15) is 23.7 Å². The summed E-state index contributed by atoms with van der Waals surface area (Å²) in [6.07, 6.45) is 0.831. The third-order valence-electron chi connectivity index (χ3n) is 3.82. The number of benzene rings is 1. The Kier molecular flexibility index (Phi) is 4.80. The number of amides is 1. The first-order valence-electron chi connectivity index (χ1n) is 6.82. The van der Waals surface area contributed by atoms with Crippen molar-refractivity contribution in [3.8, 4) is 0 Å². The Morgan fingerprint density at radius 1 is 1.52 bits per heavy atom. The van der Waals surface area contributed by atoms with E-state index in [4.69, 9.17) is 11.6 Å². The van der Waals surface area contributed by atoms with Crippen LogP contribution >= 0.6 is 11.6 Å². The van der Waals surface area contributed by atoms with E-state index in [1.807, 2.05) is 7.05 Å². The van der Waals surface area contributed by atoms with Crippen molar-refractivity contribution in [1.29, 1.82) is 0 Å². The minimum Gasteiger partial charge on any atom is -0.349 e. The topological polar surface area (TPSA) is 75.5 Å². The van der Waals surface area contributed by atoms with Gasteiger partial charge in [-0.15, -0.1) is 0 Å². The van der Waals surface area contributed by atoms with E-state index in [9.17, 15) is 14.9 Å². The summed E-state index contributed by atoms with van der Waals surface area (Å²) >= 11 is 5.85. The molecular formula is C14H18ClN3O3. The third kappa shape index (κ3) is 3.71. The fraction of sp³-hybridized carbons (Fsp3) is 0.500. The van der Waals surface area contributed by atoms with Crippen molar-refractivity contribution in [3.63, 3.8) is 0 Å². The van der Waals surface area contributed by atoms with Crippen LogP contribution < -0.4 is 5.32 Å². The maximum Gasteiger partial charge on any atom is 0.282 e. The fourth-order valence-corrected chi connectivity index (χ4v) is 2.84. The maximum atomic E-state index is 12.3. The van der Waals surface area contributed by atoms with Crippen molar-refractivity contribution < 1.29 is 9.72 Å². The number of nitrogens with one attached hydrogen (secondary N) is 1. The Balaban J connectivity index is 2.17. The normalized spacial score (nSPS) is 22.8. The molecule has 1 aromatic carbocycles. The molecular weight excluding hydrogens is 294 g/mol. The van der Waals surface area contributed by atoms with Crippen LogP contribution in [0, 0.1) is 16.0 Å². The molecule has 1 amide bonds. The van der Waals surface area contributed by atoms with Crippen LogP contribution in [0.15, 0.2) is 18.2 Å². The van der Waals surface area contributed by atoms with Gasteiger partial charge in [-0.1, -0.05) is 18.5 Å². The lowest BCUT2D eigenvalue weighted by Crippen LogP contribution is -2.48. The van der Waals surface area contributed by atoms with E-state index < -0.39 is 10.8 Å². The highest BCUT2D eigenvalue weighted by molar-refractivity contribution is 6.31. The van der Waals surface area contributed by atoms with E-state index in [2.05, 4.69) is 17.1 Å². The molecule has 0 bridgehead atoms. The molecule has 1 aromatic rings. The van der Waals surface area contributed by atoms with E-state index in [0.29, 0.717) is 10.9 Å². The number of carbonyl (C=O) groups is 1. The summed E-state index contributed by atoms with van der Waals surface area (Å²) in [6, 6.07) is 4.03. The van der Waals surface area contributed by atoms with Gasteiger partial charge in [0.2, 0.25) is 0 Å². The largest absolute Gasteiger partial charge is 0.349 e. The second-order valence-electron chi connectivity index (χ2n) is 5.53. The number of nitro groups is 1. The van der Waals surface area contributed by atoms with Crippen molar-refractivity contribution >= 4 is 23.2 Å². The molecule has 7 heteroatoms. The highest BCUT2D eigenvalue weighted by atomic mass is 35.5. The van der Waals surface area contributed by atoms with E-state index in [1.54, 1.807) is 0 Å². The summed E-state index contributed by atoms with van der Waals surface area (Å²) < 4.78 is 0. The quantitative estimate of drug-likeness (QED) is 0.686. The molecule has 0 aromatic heterocycles. The predicted molar refractivity (Wildman–Crippen MR) is 80.6 cm³/mol. The molecule has 1 N–H and O–H groups in total. The molecule has 0 radical (unpaired) electrons. The van der Waals surface area contributed by atoms with Crippen LogP contribution in [-0.4, -0.2) is 41.9 Å². The van der Waals surface area contributed by atoms with Gasteiger partial charge in [-0.3, -0.25) is 14.9 Å². The highest BCUT2D eigenvalue weighted by Gasteiger charge is 2.28. The van der Waals surface area contributed by atoms with Gasteiger partial charge < -0.3 is 10.2 Å². The molecule has 0 saturated carbocycles. The second kappa shape index (κ2) is 6.41. The van der Waals surface area contributed by atoms with Crippen molar-refractivity contribution in [1.82, 2.24) is 10.2 Å². The highest BCUT2D eigenvalue weighted by Crippen LogP contribution is 2.24.